The number of hydrogen-bond donors (Lipinski definition) is 3. The Hall–Kier alpha value is -4.42. The van der Waals surface area contributed by atoms with E-state index in [-0.39, 0.29) is 30.2 Å². The molecular weight excluding hydrogens is 598 g/mol. The van der Waals surface area contributed by atoms with Crippen molar-refractivity contribution in [3.63, 3.8) is 0 Å². The molecule has 6 rings (SSSR count). The molecule has 12 heteroatoms. The summed E-state index contributed by atoms with van der Waals surface area (Å²) in [5.74, 6) is 0.648. The summed E-state index contributed by atoms with van der Waals surface area (Å²) in [6.45, 7) is 6.55. The molecule has 12 nitrogen and oxygen atoms in total. The second-order valence-electron chi connectivity index (χ2n) is 12.9. The van der Waals surface area contributed by atoms with E-state index in [1.165, 1.54) is 7.05 Å². The van der Waals surface area contributed by atoms with Crippen LogP contribution in [0.4, 0.5) is 10.6 Å². The molecule has 0 saturated carbocycles. The lowest BCUT2D eigenvalue weighted by Gasteiger charge is -2.29. The number of rotatable bonds is 7. The van der Waals surface area contributed by atoms with E-state index in [0.29, 0.717) is 75.1 Å². The average molecular weight is 642 g/mol. The molecule has 1 atom stereocenters. The van der Waals surface area contributed by atoms with E-state index >= 15 is 0 Å². The van der Waals surface area contributed by atoms with Crippen molar-refractivity contribution < 1.29 is 23.9 Å². The van der Waals surface area contributed by atoms with Gasteiger partial charge in [-0.25, -0.2) is 9.78 Å². The molecule has 3 amide bonds. The Kier molecular flexibility index (Phi) is 9.51. The van der Waals surface area contributed by atoms with Gasteiger partial charge in [-0.3, -0.25) is 24.8 Å². The Bertz CT molecular complexity index is 1600. The molecule has 248 valence electrons. The Labute approximate surface area is 275 Å². The monoisotopic (exact) mass is 641 g/mol. The van der Waals surface area contributed by atoms with Crippen LogP contribution >= 0.6 is 0 Å². The smallest absolute Gasteiger partial charge is 0.391 e. The zero-order valence-electron chi connectivity index (χ0n) is 27.1. The highest BCUT2D eigenvalue weighted by Gasteiger charge is 2.51. The van der Waals surface area contributed by atoms with Gasteiger partial charge in [0, 0.05) is 57.9 Å². The van der Waals surface area contributed by atoms with Crippen molar-refractivity contribution in [3.05, 3.63) is 64.9 Å². The van der Waals surface area contributed by atoms with Gasteiger partial charge in [0.1, 0.15) is 5.82 Å². The molecule has 4 aliphatic heterocycles. The Morgan fingerprint density at radius 1 is 1.06 bits per heavy atom. The second kappa shape index (κ2) is 13.7. The first-order valence-corrected chi connectivity index (χ1v) is 16.4. The Balaban J connectivity index is 1.03. The van der Waals surface area contributed by atoms with E-state index < -0.39 is 11.5 Å². The zero-order chi connectivity index (χ0) is 33.1. The quantitative estimate of drug-likeness (QED) is 0.309. The van der Waals surface area contributed by atoms with Crippen molar-refractivity contribution >= 4 is 40.9 Å². The number of benzene rings is 1. The number of aromatic nitrogens is 1. The number of ether oxygens (including phenoxy) is 2. The van der Waals surface area contributed by atoms with Gasteiger partial charge in [-0.2, -0.15) is 0 Å². The third-order valence-electron chi connectivity index (χ3n) is 10.0. The van der Waals surface area contributed by atoms with Crippen molar-refractivity contribution in [2.75, 3.05) is 64.4 Å². The van der Waals surface area contributed by atoms with Gasteiger partial charge >= 0.3 is 6.09 Å². The van der Waals surface area contributed by atoms with Crippen LogP contribution in [0.3, 0.4) is 0 Å². The number of alkyl carbamates (subject to hydrolysis) is 1. The molecule has 5 heterocycles. The first kappa shape index (κ1) is 32.5. The van der Waals surface area contributed by atoms with Crippen molar-refractivity contribution in [2.45, 2.75) is 39.0 Å². The van der Waals surface area contributed by atoms with Gasteiger partial charge in [0.05, 0.1) is 23.4 Å². The van der Waals surface area contributed by atoms with Crippen molar-refractivity contribution in [2.24, 2.45) is 11.3 Å². The summed E-state index contributed by atoms with van der Waals surface area (Å²) < 4.78 is 10.4. The van der Waals surface area contributed by atoms with Gasteiger partial charge < -0.3 is 25.1 Å². The van der Waals surface area contributed by atoms with Crippen molar-refractivity contribution in [1.82, 2.24) is 20.1 Å². The summed E-state index contributed by atoms with van der Waals surface area (Å²) in [7, 11) is 1.44. The summed E-state index contributed by atoms with van der Waals surface area (Å²) in [6.07, 6.45) is 5.18. The molecule has 0 unspecified atom stereocenters. The van der Waals surface area contributed by atoms with Crippen LogP contribution in [0, 0.1) is 29.1 Å². The molecule has 3 N–H and O–H groups in total. The number of likely N-dealkylation sites (tertiary alicyclic amines) is 1. The van der Waals surface area contributed by atoms with Crippen LogP contribution in [-0.2, 0) is 19.1 Å². The summed E-state index contributed by atoms with van der Waals surface area (Å²) in [6, 6.07) is 11.2. The van der Waals surface area contributed by atoms with Crippen LogP contribution in [0.15, 0.2) is 42.5 Å². The fourth-order valence-corrected chi connectivity index (χ4v) is 7.12. The van der Waals surface area contributed by atoms with Crippen molar-refractivity contribution in [3.8, 4) is 0 Å². The molecular formula is C35H43N7O5. The van der Waals surface area contributed by atoms with E-state index in [1.807, 2.05) is 36.1 Å². The van der Waals surface area contributed by atoms with E-state index in [2.05, 4.69) is 16.3 Å². The highest BCUT2D eigenvalue weighted by atomic mass is 16.6. The van der Waals surface area contributed by atoms with Crippen LogP contribution in [0.5, 0.6) is 0 Å². The number of aryl methyl sites for hydroxylation is 1. The van der Waals surface area contributed by atoms with E-state index in [0.717, 1.165) is 42.4 Å². The molecule has 1 aromatic carbocycles. The molecule has 3 fully saturated rings. The van der Waals surface area contributed by atoms with Crippen LogP contribution in [-0.4, -0.2) is 104 Å². The maximum absolute atomic E-state index is 13.9. The summed E-state index contributed by atoms with van der Waals surface area (Å²) >= 11 is 0. The number of nitrogens with one attached hydrogen (secondary N) is 3. The largest absolute Gasteiger partial charge is 0.413 e. The standard InChI is InChI=1S/C35H43N7O5/c1-23-3-8-28(39-31(23)30(36)26-11-19-46-20-12-26)42-18-14-35(33(42)44)13-17-40(22-35)21-29(43)41-15-9-25(10-16-41)24-4-6-27(7-5-24)32(37)47-34(45)38-2/h3-9,26,36-37H,10-22H2,1-2H3,(H,38,45)/t35-/m0/s1. The van der Waals surface area contributed by atoms with E-state index in [4.69, 9.17) is 25.3 Å². The molecule has 4 aliphatic rings. The minimum absolute atomic E-state index is 0.0614. The van der Waals surface area contributed by atoms with Crippen LogP contribution in [0.1, 0.15) is 54.5 Å². The van der Waals surface area contributed by atoms with Gasteiger partial charge in [-0.05, 0) is 80.5 Å². The number of amides is 3. The van der Waals surface area contributed by atoms with Gasteiger partial charge in [-0.15, -0.1) is 0 Å². The van der Waals surface area contributed by atoms with Crippen LogP contribution in [0.25, 0.3) is 5.57 Å². The van der Waals surface area contributed by atoms with Crippen LogP contribution in [0.2, 0.25) is 0 Å². The number of pyridine rings is 1. The molecule has 0 aliphatic carbocycles. The highest BCUT2D eigenvalue weighted by molar-refractivity contribution is 6.02. The molecule has 2 aromatic rings. The summed E-state index contributed by atoms with van der Waals surface area (Å²) in [5.41, 5.74) is 4.28. The van der Waals surface area contributed by atoms with Crippen LogP contribution < -0.4 is 10.2 Å². The van der Waals surface area contributed by atoms with Gasteiger partial charge in [-0.1, -0.05) is 24.3 Å². The molecule has 3 saturated heterocycles. The molecule has 0 bridgehead atoms. The third kappa shape index (κ3) is 6.84. The zero-order valence-corrected chi connectivity index (χ0v) is 27.1. The second-order valence-corrected chi connectivity index (χ2v) is 12.9. The lowest BCUT2D eigenvalue weighted by molar-refractivity contribution is -0.132. The Morgan fingerprint density at radius 2 is 1.81 bits per heavy atom. The van der Waals surface area contributed by atoms with E-state index in [9.17, 15) is 14.4 Å². The SMILES string of the molecule is CNC(=O)OC(=N)c1ccc(C2=CCN(C(=O)CN3CC[C@]4(CCN(c5ccc(C)c(C(=N)C6CCOCC6)n5)C4=O)C3)CC2)cc1. The molecule has 1 aromatic heterocycles. The van der Waals surface area contributed by atoms with Gasteiger partial charge in [0.25, 0.3) is 0 Å². The van der Waals surface area contributed by atoms with E-state index in [1.54, 1.807) is 17.0 Å². The van der Waals surface area contributed by atoms with Crippen molar-refractivity contribution in [1.29, 1.82) is 10.8 Å². The van der Waals surface area contributed by atoms with Gasteiger partial charge in [0.2, 0.25) is 17.7 Å². The number of carbonyl (C=O) groups excluding carboxylic acids is 3. The average Bonchev–Trinajstić information content (AvgIpc) is 3.66. The number of carbonyl (C=O) groups is 3. The maximum atomic E-state index is 13.9. The predicted octanol–water partition coefficient (Wildman–Crippen LogP) is 3.61. The lowest BCUT2D eigenvalue weighted by Crippen LogP contribution is -2.43. The minimum atomic E-state index is -0.683. The van der Waals surface area contributed by atoms with Gasteiger partial charge in [0.15, 0.2) is 0 Å². The fraction of sp³-hybridized carbons (Fsp3) is 0.486. The Morgan fingerprint density at radius 3 is 2.51 bits per heavy atom. The third-order valence-corrected chi connectivity index (χ3v) is 10.0. The summed E-state index contributed by atoms with van der Waals surface area (Å²) in [5, 5.41) is 19.1. The molecule has 47 heavy (non-hydrogen) atoms. The number of anilines is 1. The minimum Gasteiger partial charge on any atom is -0.391 e. The molecule has 1 spiro atoms. The first-order chi connectivity index (χ1) is 22.7. The highest BCUT2D eigenvalue weighted by Crippen LogP contribution is 2.42. The first-order valence-electron chi connectivity index (χ1n) is 16.4. The number of nitrogens with zero attached hydrogens (tertiary/aromatic N) is 4. The predicted molar refractivity (Wildman–Crippen MR) is 178 cm³/mol. The maximum Gasteiger partial charge on any atom is 0.413 e. The normalized spacial score (nSPS) is 22.0. The topological polar surface area (TPSA) is 152 Å². The molecule has 0 radical (unpaired) electrons. The lowest BCUT2D eigenvalue weighted by atomic mass is 9.85. The fourth-order valence-electron chi connectivity index (χ4n) is 7.12. The number of hydrogen-bond acceptors (Lipinski definition) is 9. The summed E-state index contributed by atoms with van der Waals surface area (Å²) in [4.78, 5) is 49.2.